The van der Waals surface area contributed by atoms with E-state index < -0.39 is 40.8 Å². The van der Waals surface area contributed by atoms with E-state index in [1.165, 1.54) is 6.07 Å². The van der Waals surface area contributed by atoms with E-state index >= 15 is 0 Å². The molecule has 3 aliphatic rings. The number of ether oxygens (including phenoxy) is 1. The number of piperazine rings is 1. The molecule has 0 aliphatic carbocycles. The van der Waals surface area contributed by atoms with Crippen molar-refractivity contribution in [2.75, 3.05) is 66.3 Å². The lowest BCUT2D eigenvalue weighted by Crippen LogP contribution is -2.49. The van der Waals surface area contributed by atoms with Gasteiger partial charge in [0.1, 0.15) is 30.0 Å². The van der Waals surface area contributed by atoms with Gasteiger partial charge in [-0.1, -0.05) is 18.5 Å². The molecule has 6 rings (SSSR count). The minimum absolute atomic E-state index is 0.0284. The number of aryl methyl sites for hydroxylation is 1. The van der Waals surface area contributed by atoms with Gasteiger partial charge in [-0.2, -0.15) is 18.4 Å². The maximum Gasteiger partial charge on any atom is 0.419 e. The molecule has 19 heteroatoms. The largest absolute Gasteiger partial charge is 0.492 e. The number of hydrogen-bond acceptors (Lipinski definition) is 11. The highest BCUT2D eigenvalue weighted by Crippen LogP contribution is 2.40. The molecule has 1 unspecified atom stereocenters. The molecule has 3 N–H and O–H groups in total. The topological polar surface area (TPSA) is 163 Å². The van der Waals surface area contributed by atoms with Crippen LogP contribution in [0.1, 0.15) is 50.4 Å². The van der Waals surface area contributed by atoms with Crippen LogP contribution in [0.3, 0.4) is 0 Å². The Balaban J connectivity index is 1.00. The number of nitriles is 1. The number of benzene rings is 2. The second-order valence-corrected chi connectivity index (χ2v) is 15.3. The van der Waals surface area contributed by atoms with Gasteiger partial charge in [-0.3, -0.25) is 39.2 Å². The lowest BCUT2D eigenvalue weighted by atomic mass is 10.0. The van der Waals surface area contributed by atoms with Crippen molar-refractivity contribution >= 4 is 75.3 Å². The smallest absolute Gasteiger partial charge is 0.419 e. The highest BCUT2D eigenvalue weighted by molar-refractivity contribution is 7.81. The predicted octanol–water partition coefficient (Wildman–Crippen LogP) is 4.96. The summed E-state index contributed by atoms with van der Waals surface area (Å²) in [5.74, 6) is -0.840. The van der Waals surface area contributed by atoms with Gasteiger partial charge in [0.25, 0.3) is 5.91 Å². The standard InChI is InChI=1S/C39H41ClF3N9O5S/c1-4-23-17-25(52-37(58)51(36(56)38(52,2)3)26-19-27(39(41,42)43)31(20-44)45-21-26)6-9-32(23)57-16-15-49-11-13-50(14-12-49)22-34(54)47-30-18-24(5-7-28(30)40)46-29-8-10-33(53)48-35(29)55/h5-7,9,17-19,21,29,46H,4,8,10-16,22H2,1-3H3,(H,47,54)(H,48,53,55). The van der Waals surface area contributed by atoms with Crippen LogP contribution >= 0.6 is 23.8 Å². The Morgan fingerprint density at radius 1 is 1.09 bits per heavy atom. The molecule has 0 saturated carbocycles. The normalized spacial score (nSPS) is 18.9. The molecule has 3 aliphatic heterocycles. The molecule has 0 spiro atoms. The number of alkyl halides is 3. The number of thiocarbonyl (C=S) groups is 1. The summed E-state index contributed by atoms with van der Waals surface area (Å²) in [7, 11) is 0. The van der Waals surface area contributed by atoms with E-state index in [1.54, 1.807) is 49.1 Å². The Bertz CT molecular complexity index is 2170. The Hall–Kier alpha value is -5.35. The third kappa shape index (κ3) is 9.18. The summed E-state index contributed by atoms with van der Waals surface area (Å²) < 4.78 is 47.4. The van der Waals surface area contributed by atoms with Crippen molar-refractivity contribution in [3.8, 4) is 11.8 Å². The number of carbonyl (C=O) groups excluding carboxylic acids is 4. The van der Waals surface area contributed by atoms with E-state index in [-0.39, 0.29) is 35.6 Å². The number of pyridine rings is 1. The molecule has 0 radical (unpaired) electrons. The minimum Gasteiger partial charge on any atom is -0.492 e. The number of nitrogens with zero attached hydrogens (tertiary/aromatic N) is 6. The molecule has 0 bridgehead atoms. The molecular weight excluding hydrogens is 799 g/mol. The fourth-order valence-electron chi connectivity index (χ4n) is 7.05. The summed E-state index contributed by atoms with van der Waals surface area (Å²) in [4.78, 5) is 60.8. The van der Waals surface area contributed by atoms with Gasteiger partial charge >= 0.3 is 6.18 Å². The number of nitrogens with one attached hydrogen (secondary N) is 3. The average Bonchev–Trinajstić information content (AvgIpc) is 3.36. The van der Waals surface area contributed by atoms with Crippen molar-refractivity contribution < 1.29 is 37.1 Å². The van der Waals surface area contributed by atoms with Gasteiger partial charge in [0, 0.05) is 50.5 Å². The molecule has 58 heavy (non-hydrogen) atoms. The zero-order valence-electron chi connectivity index (χ0n) is 31.9. The molecule has 3 saturated heterocycles. The molecule has 2 aromatic carbocycles. The number of aromatic nitrogens is 1. The highest BCUT2D eigenvalue weighted by atomic mass is 35.5. The first-order chi connectivity index (χ1) is 27.5. The molecule has 3 fully saturated rings. The third-order valence-electron chi connectivity index (χ3n) is 10.2. The van der Waals surface area contributed by atoms with Crippen molar-refractivity contribution in [1.29, 1.82) is 5.26 Å². The second-order valence-electron chi connectivity index (χ2n) is 14.5. The predicted molar refractivity (Wildman–Crippen MR) is 215 cm³/mol. The number of anilines is 4. The Labute approximate surface area is 343 Å². The maximum absolute atomic E-state index is 13.7. The fraction of sp³-hybridized carbons (Fsp3) is 0.410. The molecule has 1 aromatic heterocycles. The van der Waals surface area contributed by atoms with Crippen LogP contribution in [-0.4, -0.2) is 101 Å². The van der Waals surface area contributed by atoms with Crippen molar-refractivity contribution in [3.05, 3.63) is 70.5 Å². The monoisotopic (exact) mass is 839 g/mol. The molecule has 14 nitrogen and oxygen atoms in total. The summed E-state index contributed by atoms with van der Waals surface area (Å²) in [5.41, 5.74) is -1.11. The number of amides is 4. The van der Waals surface area contributed by atoms with E-state index in [9.17, 15) is 32.3 Å². The molecule has 1 atom stereocenters. The van der Waals surface area contributed by atoms with Gasteiger partial charge in [0.05, 0.1) is 34.7 Å². The average molecular weight is 840 g/mol. The Morgan fingerprint density at radius 3 is 2.48 bits per heavy atom. The maximum atomic E-state index is 13.7. The summed E-state index contributed by atoms with van der Waals surface area (Å²) >= 11 is 12.0. The van der Waals surface area contributed by atoms with Gasteiger partial charge in [-0.25, -0.2) is 4.98 Å². The van der Waals surface area contributed by atoms with Crippen molar-refractivity contribution in [2.45, 2.75) is 57.8 Å². The molecule has 306 valence electrons. The molecule has 4 amide bonds. The highest BCUT2D eigenvalue weighted by Gasteiger charge is 2.51. The van der Waals surface area contributed by atoms with E-state index in [0.29, 0.717) is 86.1 Å². The van der Waals surface area contributed by atoms with Crippen LogP contribution in [0.15, 0.2) is 48.7 Å². The van der Waals surface area contributed by atoms with Gasteiger partial charge in [0.2, 0.25) is 17.7 Å². The van der Waals surface area contributed by atoms with Crippen LogP contribution in [-0.2, 0) is 31.8 Å². The molecule has 4 heterocycles. The van der Waals surface area contributed by atoms with Gasteiger partial charge in [-0.15, -0.1) is 0 Å². The van der Waals surface area contributed by atoms with Gasteiger partial charge in [0.15, 0.2) is 10.8 Å². The number of imide groups is 1. The number of halogens is 4. The second kappa shape index (κ2) is 17.2. The van der Waals surface area contributed by atoms with Crippen LogP contribution in [0.4, 0.5) is 35.9 Å². The first kappa shape index (κ1) is 42.3. The van der Waals surface area contributed by atoms with Gasteiger partial charge < -0.3 is 20.3 Å². The fourth-order valence-corrected chi connectivity index (χ4v) is 7.74. The lowest BCUT2D eigenvalue weighted by Gasteiger charge is -2.34. The van der Waals surface area contributed by atoms with Crippen LogP contribution in [0.5, 0.6) is 5.75 Å². The number of carbonyl (C=O) groups is 4. The SMILES string of the molecule is CCc1cc(N2C(=S)N(c3cnc(C#N)c(C(F)(F)F)c3)C(=O)C2(C)C)ccc1OCCN1CCN(CC(=O)Nc2cc(NC3CCC(=O)NC3=O)ccc2Cl)CC1. The summed E-state index contributed by atoms with van der Waals surface area (Å²) in [5, 5.41) is 17.7. The summed E-state index contributed by atoms with van der Waals surface area (Å²) in [6, 6.07) is 12.0. The van der Waals surface area contributed by atoms with E-state index in [2.05, 4.69) is 25.8 Å². The van der Waals surface area contributed by atoms with Gasteiger partial charge in [-0.05, 0) is 86.9 Å². The Morgan fingerprint density at radius 2 is 1.81 bits per heavy atom. The van der Waals surface area contributed by atoms with Crippen molar-refractivity contribution in [3.63, 3.8) is 0 Å². The summed E-state index contributed by atoms with van der Waals surface area (Å²) in [6.45, 7) is 9.15. The minimum atomic E-state index is -4.86. The zero-order chi connectivity index (χ0) is 41.9. The van der Waals surface area contributed by atoms with E-state index in [4.69, 9.17) is 33.8 Å². The van der Waals surface area contributed by atoms with Crippen molar-refractivity contribution in [1.82, 2.24) is 20.1 Å². The zero-order valence-corrected chi connectivity index (χ0v) is 33.5. The molecular formula is C39H41ClF3N9O5S. The van der Waals surface area contributed by atoms with E-state index in [0.717, 1.165) is 16.7 Å². The van der Waals surface area contributed by atoms with E-state index in [1.807, 2.05) is 17.9 Å². The van der Waals surface area contributed by atoms with Crippen molar-refractivity contribution in [2.24, 2.45) is 0 Å². The number of hydrogen-bond donors (Lipinski definition) is 3. The first-order valence-electron chi connectivity index (χ1n) is 18.6. The number of piperidine rings is 1. The molecule has 3 aromatic rings. The van der Waals surface area contributed by atoms with Crippen LogP contribution in [0.2, 0.25) is 5.02 Å². The summed E-state index contributed by atoms with van der Waals surface area (Å²) in [6.07, 6.45) is -2.64. The number of rotatable bonds is 12. The third-order valence-corrected chi connectivity index (χ3v) is 10.9. The lowest BCUT2D eigenvalue weighted by molar-refractivity contribution is -0.138. The van der Waals surface area contributed by atoms with Crippen LogP contribution in [0.25, 0.3) is 0 Å². The first-order valence-corrected chi connectivity index (χ1v) is 19.3. The van der Waals surface area contributed by atoms with Crippen LogP contribution in [0, 0.1) is 11.3 Å². The quantitative estimate of drug-likeness (QED) is 0.166. The van der Waals surface area contributed by atoms with Crippen LogP contribution < -0.4 is 30.5 Å². The Kier molecular flexibility index (Phi) is 12.6.